The van der Waals surface area contributed by atoms with Crippen LogP contribution in [0.4, 0.5) is 0 Å². The third-order valence-electron chi connectivity index (χ3n) is 7.08. The Morgan fingerprint density at radius 1 is 1.18 bits per heavy atom. The van der Waals surface area contributed by atoms with Gasteiger partial charge in [0, 0.05) is 12.8 Å². The highest BCUT2D eigenvalue weighted by Gasteiger charge is 2.35. The van der Waals surface area contributed by atoms with Gasteiger partial charge in [-0.3, -0.25) is 9.59 Å². The minimum absolute atomic E-state index is 0.137. The van der Waals surface area contributed by atoms with Gasteiger partial charge in [0.2, 0.25) is 0 Å². The Balaban J connectivity index is 3.08. The van der Waals surface area contributed by atoms with E-state index < -0.39 is 48.1 Å². The molecular formula is C31H50O8. The molecule has 0 saturated heterocycles. The molecule has 1 heterocycles. The van der Waals surface area contributed by atoms with Crippen LogP contribution >= 0.6 is 0 Å². The lowest BCUT2D eigenvalue weighted by Gasteiger charge is -2.32. The molecule has 1 aliphatic heterocycles. The smallest absolute Gasteiger partial charge is 0.309 e. The summed E-state index contributed by atoms with van der Waals surface area (Å²) in [6.45, 7) is 14.1. The number of hydrogen-bond acceptors (Lipinski definition) is 8. The summed E-state index contributed by atoms with van der Waals surface area (Å²) in [7, 11) is 0. The summed E-state index contributed by atoms with van der Waals surface area (Å²) >= 11 is 0. The van der Waals surface area contributed by atoms with E-state index in [-0.39, 0.29) is 37.0 Å². The molecule has 0 aromatic rings. The predicted octanol–water partition coefficient (Wildman–Crippen LogP) is 4.17. The average molecular weight is 551 g/mol. The van der Waals surface area contributed by atoms with Gasteiger partial charge in [-0.1, -0.05) is 51.2 Å². The molecule has 0 saturated carbocycles. The fraction of sp³-hybridized carbons (Fsp3) is 0.677. The molecule has 39 heavy (non-hydrogen) atoms. The van der Waals surface area contributed by atoms with Gasteiger partial charge in [0.15, 0.2) is 0 Å². The van der Waals surface area contributed by atoms with Crippen LogP contribution in [0.25, 0.3) is 0 Å². The third-order valence-corrected chi connectivity index (χ3v) is 7.08. The summed E-state index contributed by atoms with van der Waals surface area (Å²) in [5.41, 5.74) is 0.137. The van der Waals surface area contributed by atoms with Crippen LogP contribution in [0.5, 0.6) is 0 Å². The molecular weight excluding hydrogens is 500 g/mol. The Morgan fingerprint density at radius 3 is 2.41 bits per heavy atom. The molecule has 0 aromatic carbocycles. The minimum atomic E-state index is -1.41. The highest BCUT2D eigenvalue weighted by Crippen LogP contribution is 2.27. The second-order valence-electron chi connectivity index (χ2n) is 11.5. The second-order valence-corrected chi connectivity index (χ2v) is 11.5. The fourth-order valence-corrected chi connectivity index (χ4v) is 4.78. The van der Waals surface area contributed by atoms with E-state index >= 15 is 0 Å². The van der Waals surface area contributed by atoms with Gasteiger partial charge in [-0.2, -0.15) is 0 Å². The van der Waals surface area contributed by atoms with Crippen LogP contribution in [0.2, 0.25) is 0 Å². The Hall–Kier alpha value is -2.26. The largest absolute Gasteiger partial charge is 0.457 e. The zero-order valence-corrected chi connectivity index (χ0v) is 24.8. The van der Waals surface area contributed by atoms with Gasteiger partial charge >= 0.3 is 11.9 Å². The van der Waals surface area contributed by atoms with Gasteiger partial charge in [-0.15, -0.1) is 0 Å². The number of cyclic esters (lactones) is 1. The summed E-state index contributed by atoms with van der Waals surface area (Å²) in [5.74, 6) is -0.910. The molecule has 1 aliphatic rings. The zero-order valence-electron chi connectivity index (χ0n) is 24.8. The maximum atomic E-state index is 12.6. The summed E-state index contributed by atoms with van der Waals surface area (Å²) in [6, 6.07) is 0. The number of hydrogen-bond donors (Lipinski definition) is 4. The lowest BCUT2D eigenvalue weighted by molar-refractivity contribution is -0.157. The number of carbonyl (C=O) groups excluding carboxylic acids is 2. The quantitative estimate of drug-likeness (QED) is 0.191. The Bertz CT molecular complexity index is 914. The molecule has 8 heteroatoms. The monoisotopic (exact) mass is 550 g/mol. The first-order valence-corrected chi connectivity index (χ1v) is 13.9. The van der Waals surface area contributed by atoms with Crippen molar-refractivity contribution in [3.05, 3.63) is 47.6 Å². The Kier molecular flexibility index (Phi) is 14.4. The van der Waals surface area contributed by atoms with Gasteiger partial charge in [0.05, 0.1) is 18.6 Å². The molecule has 4 N–H and O–H groups in total. The molecule has 9 unspecified atom stereocenters. The van der Waals surface area contributed by atoms with Gasteiger partial charge in [0.1, 0.15) is 23.9 Å². The Labute approximate surface area is 234 Å². The SMILES string of the molecule is CC(=O)OC1C=CC(C)C(C(C)=CC=CC(C)CC(C)C=C(C)C(O)C(C)O)OC(=O)CC(O)CCC1(C)O. The minimum Gasteiger partial charge on any atom is -0.457 e. The van der Waals surface area contributed by atoms with Crippen molar-refractivity contribution < 1.29 is 39.5 Å². The van der Waals surface area contributed by atoms with E-state index in [9.17, 15) is 30.0 Å². The maximum Gasteiger partial charge on any atom is 0.309 e. The molecule has 0 radical (unpaired) electrons. The Morgan fingerprint density at radius 2 is 1.82 bits per heavy atom. The van der Waals surface area contributed by atoms with Gasteiger partial charge in [-0.05, 0) is 76.0 Å². The van der Waals surface area contributed by atoms with E-state index in [1.807, 2.05) is 39.0 Å². The van der Waals surface area contributed by atoms with E-state index in [1.54, 1.807) is 26.0 Å². The number of esters is 2. The molecule has 9 atom stereocenters. The molecule has 0 bridgehead atoms. The van der Waals surface area contributed by atoms with Crippen LogP contribution in [0.3, 0.4) is 0 Å². The summed E-state index contributed by atoms with van der Waals surface area (Å²) in [5, 5.41) is 40.9. The molecule has 222 valence electrons. The van der Waals surface area contributed by atoms with E-state index in [0.717, 1.165) is 17.6 Å². The molecule has 0 amide bonds. The van der Waals surface area contributed by atoms with Crippen LogP contribution in [0.1, 0.15) is 81.1 Å². The van der Waals surface area contributed by atoms with E-state index in [4.69, 9.17) is 9.47 Å². The fourth-order valence-electron chi connectivity index (χ4n) is 4.78. The number of aliphatic hydroxyl groups excluding tert-OH is 3. The third kappa shape index (κ3) is 12.6. The van der Waals surface area contributed by atoms with Crippen molar-refractivity contribution in [3.8, 4) is 0 Å². The van der Waals surface area contributed by atoms with E-state index in [1.165, 1.54) is 6.92 Å². The normalized spacial score (nSPS) is 31.0. The van der Waals surface area contributed by atoms with Crippen LogP contribution in [-0.4, -0.2) is 68.5 Å². The summed E-state index contributed by atoms with van der Waals surface area (Å²) < 4.78 is 11.1. The second kappa shape index (κ2) is 16.1. The lowest BCUT2D eigenvalue weighted by atomic mass is 9.88. The molecule has 1 rings (SSSR count). The summed E-state index contributed by atoms with van der Waals surface area (Å²) in [4.78, 5) is 24.3. The summed E-state index contributed by atoms with van der Waals surface area (Å²) in [6.07, 6.45) is 7.99. The predicted molar refractivity (Wildman–Crippen MR) is 152 cm³/mol. The molecule has 8 nitrogen and oxygen atoms in total. The van der Waals surface area contributed by atoms with Gasteiger partial charge < -0.3 is 29.9 Å². The molecule has 0 spiro atoms. The number of carbonyl (C=O) groups is 2. The molecule has 0 aromatic heterocycles. The first-order chi connectivity index (χ1) is 18.0. The average Bonchev–Trinajstić information content (AvgIpc) is 2.81. The van der Waals surface area contributed by atoms with Crippen molar-refractivity contribution >= 4 is 11.9 Å². The number of ether oxygens (including phenoxy) is 2. The van der Waals surface area contributed by atoms with E-state index in [2.05, 4.69) is 19.9 Å². The van der Waals surface area contributed by atoms with Crippen LogP contribution in [0.15, 0.2) is 47.6 Å². The topological polar surface area (TPSA) is 134 Å². The van der Waals surface area contributed by atoms with Crippen molar-refractivity contribution in [2.75, 3.05) is 0 Å². The van der Waals surface area contributed by atoms with Crippen molar-refractivity contribution in [1.29, 1.82) is 0 Å². The number of rotatable bonds is 9. The number of aliphatic hydroxyl groups is 4. The standard InChI is InChI=1S/C31H50O8/c1-19(16-20(2)17-23(5)29(36)24(6)32)10-9-11-21(3)30-22(4)12-13-27(38-25(7)33)31(8,37)15-14-26(34)18-28(35)39-30/h9-13,17,19-20,22,24,26-27,29-30,32,34,36-37H,14-16,18H2,1-8H3. The van der Waals surface area contributed by atoms with Crippen molar-refractivity contribution in [1.82, 2.24) is 0 Å². The van der Waals surface area contributed by atoms with Crippen LogP contribution < -0.4 is 0 Å². The van der Waals surface area contributed by atoms with Gasteiger partial charge in [0.25, 0.3) is 0 Å². The van der Waals surface area contributed by atoms with Crippen LogP contribution in [0, 0.1) is 17.8 Å². The first-order valence-electron chi connectivity index (χ1n) is 13.9. The zero-order chi connectivity index (χ0) is 29.9. The van der Waals surface area contributed by atoms with Crippen LogP contribution in [-0.2, 0) is 19.1 Å². The van der Waals surface area contributed by atoms with Gasteiger partial charge in [-0.25, -0.2) is 0 Å². The first kappa shape index (κ1) is 34.8. The lowest BCUT2D eigenvalue weighted by Crippen LogP contribution is -2.42. The molecule has 0 fully saturated rings. The van der Waals surface area contributed by atoms with Crippen molar-refractivity contribution in [2.45, 2.75) is 117 Å². The van der Waals surface area contributed by atoms with E-state index in [0.29, 0.717) is 0 Å². The molecule has 0 aliphatic carbocycles. The van der Waals surface area contributed by atoms with Crippen molar-refractivity contribution in [3.63, 3.8) is 0 Å². The maximum absolute atomic E-state index is 12.6. The number of allylic oxidation sites excluding steroid dienone is 4. The van der Waals surface area contributed by atoms with Crippen molar-refractivity contribution in [2.24, 2.45) is 17.8 Å². The highest BCUT2D eigenvalue weighted by molar-refractivity contribution is 5.70. The highest BCUT2D eigenvalue weighted by atomic mass is 16.6.